The van der Waals surface area contributed by atoms with Crippen LogP contribution in [0.15, 0.2) is 0 Å². The maximum absolute atomic E-state index is 3.53. The van der Waals surface area contributed by atoms with Gasteiger partial charge in [0.2, 0.25) is 0 Å². The second-order valence-corrected chi connectivity index (χ2v) is 10.1. The molecule has 4 aliphatic rings. The number of rotatable bonds is 4. The van der Waals surface area contributed by atoms with E-state index in [0.29, 0.717) is 0 Å². The van der Waals surface area contributed by atoms with Crippen molar-refractivity contribution in [2.24, 2.45) is 53.3 Å². The van der Waals surface area contributed by atoms with E-state index in [0.717, 1.165) is 52.6 Å². The minimum absolute atomic E-state index is 0.873. The number of hydrogen-bond donors (Lipinski definition) is 1. The van der Waals surface area contributed by atoms with Crippen molar-refractivity contribution in [1.29, 1.82) is 0 Å². The van der Waals surface area contributed by atoms with E-state index in [1.807, 2.05) is 27.7 Å². The molecule has 26 heavy (non-hydrogen) atoms. The number of fused-ring (bicyclic) bond motifs is 9. The largest absolute Gasteiger partial charge is 0.183 e. The van der Waals surface area contributed by atoms with Gasteiger partial charge < -0.3 is 0 Å². The van der Waals surface area contributed by atoms with Crippen LogP contribution in [0.3, 0.4) is 0 Å². The van der Waals surface area contributed by atoms with Gasteiger partial charge in [-0.1, -0.05) is 61.8 Å². The van der Waals surface area contributed by atoms with Crippen molar-refractivity contribution in [3.63, 3.8) is 0 Å². The third-order valence-electron chi connectivity index (χ3n) is 7.62. The summed E-state index contributed by atoms with van der Waals surface area (Å²) in [4.78, 5) is 0. The quantitative estimate of drug-likeness (QED) is 0.369. The molecule has 0 aliphatic heterocycles. The van der Waals surface area contributed by atoms with Gasteiger partial charge in [-0.05, 0) is 84.5 Å². The Kier molecular flexibility index (Phi) is 11.1. The van der Waals surface area contributed by atoms with Crippen molar-refractivity contribution in [1.82, 2.24) is 0 Å². The van der Waals surface area contributed by atoms with Gasteiger partial charge in [0.15, 0.2) is 0 Å². The molecule has 4 aliphatic carbocycles. The molecule has 0 saturated heterocycles. The minimum Gasteiger partial charge on any atom is -0.183 e. The van der Waals surface area contributed by atoms with E-state index in [2.05, 4.69) is 52.1 Å². The van der Waals surface area contributed by atoms with Crippen LogP contribution in [0, 0.1) is 53.3 Å². The zero-order chi connectivity index (χ0) is 20.0. The molecule has 4 bridgehead atoms. The van der Waals surface area contributed by atoms with Crippen molar-refractivity contribution in [3.05, 3.63) is 0 Å². The van der Waals surface area contributed by atoms with Crippen LogP contribution in [0.5, 0.6) is 0 Å². The Balaban J connectivity index is 0.000000515. The van der Waals surface area contributed by atoms with Gasteiger partial charge in [-0.15, -0.1) is 0 Å². The minimum atomic E-state index is 0.873. The predicted molar refractivity (Wildman–Crippen MR) is 126 cm³/mol. The van der Waals surface area contributed by atoms with Gasteiger partial charge in [-0.2, -0.15) is 24.4 Å². The van der Waals surface area contributed by atoms with Crippen molar-refractivity contribution in [2.45, 2.75) is 86.3 Å². The van der Waals surface area contributed by atoms with E-state index in [4.69, 9.17) is 0 Å². The molecule has 9 atom stereocenters. The molecule has 0 heterocycles. The van der Waals surface area contributed by atoms with E-state index >= 15 is 0 Å². The average molecular weight is 401 g/mol. The Morgan fingerprint density at radius 3 is 2.04 bits per heavy atom. The fourth-order valence-electron chi connectivity index (χ4n) is 7.17. The van der Waals surface area contributed by atoms with Gasteiger partial charge in [0.25, 0.3) is 0 Å². The Morgan fingerprint density at radius 2 is 1.50 bits per heavy atom. The maximum Gasteiger partial charge on any atom is 0.00811 e. The molecule has 2 heteroatoms. The smallest absolute Gasteiger partial charge is 0.00811 e. The molecule has 4 rings (SSSR count). The van der Waals surface area contributed by atoms with Gasteiger partial charge in [-0.3, -0.25) is 0 Å². The van der Waals surface area contributed by atoms with Crippen LogP contribution in [0.2, 0.25) is 0 Å². The first-order valence-electron chi connectivity index (χ1n) is 11.7. The second kappa shape index (κ2) is 11.6. The van der Waals surface area contributed by atoms with Crippen LogP contribution in [-0.2, 0) is 0 Å². The fourth-order valence-corrected chi connectivity index (χ4v) is 8.73. The summed E-state index contributed by atoms with van der Waals surface area (Å²) >= 11 is 5.87. The molecule has 4 fully saturated rings. The van der Waals surface area contributed by atoms with E-state index in [1.165, 1.54) is 18.1 Å². The van der Waals surface area contributed by atoms with E-state index < -0.39 is 0 Å². The third-order valence-corrected chi connectivity index (χ3v) is 9.45. The zero-order valence-electron chi connectivity index (χ0n) is 19.2. The second-order valence-electron chi connectivity index (χ2n) is 8.81. The van der Waals surface area contributed by atoms with E-state index in [-0.39, 0.29) is 0 Å². The first-order chi connectivity index (χ1) is 12.6. The highest BCUT2D eigenvalue weighted by Crippen LogP contribution is 2.71. The van der Waals surface area contributed by atoms with Gasteiger partial charge in [0.05, 0.1) is 0 Å². The molecule has 156 valence electrons. The zero-order valence-corrected chi connectivity index (χ0v) is 20.9. The summed E-state index contributed by atoms with van der Waals surface area (Å²) in [6.07, 6.45) is 7.95. The Labute approximate surface area is 175 Å². The highest BCUT2D eigenvalue weighted by molar-refractivity contribution is 7.99. The fraction of sp³-hybridized carbons (Fsp3) is 1.00. The highest BCUT2D eigenvalue weighted by Gasteiger charge is 2.66. The number of hydrogen-bond acceptors (Lipinski definition) is 2. The highest BCUT2D eigenvalue weighted by atomic mass is 32.2. The molecule has 0 spiro atoms. The first-order valence-corrected chi connectivity index (χ1v) is 13.6. The molecule has 0 aromatic heterocycles. The SMILES string of the molecule is CC.CC.CCC1C(C)C2CC1C1C3CC(SCC(C)C)C(C3)C21.CS. The third kappa shape index (κ3) is 4.47. The van der Waals surface area contributed by atoms with Crippen LogP contribution in [0.4, 0.5) is 0 Å². The van der Waals surface area contributed by atoms with Crippen LogP contribution < -0.4 is 0 Å². The number of thioether (sulfide) groups is 1. The summed E-state index contributed by atoms with van der Waals surface area (Å²) in [5.41, 5.74) is 0. The molecular formula is C24H48S2. The Bertz CT molecular complexity index is 380. The molecule has 0 aromatic carbocycles. The lowest BCUT2D eigenvalue weighted by molar-refractivity contribution is 0.0641. The Morgan fingerprint density at radius 1 is 0.885 bits per heavy atom. The lowest BCUT2D eigenvalue weighted by Crippen LogP contribution is -2.40. The Hall–Kier alpha value is 0.700. The van der Waals surface area contributed by atoms with E-state index in [1.54, 1.807) is 25.5 Å². The van der Waals surface area contributed by atoms with Gasteiger partial charge in [0.1, 0.15) is 0 Å². The molecule has 0 radical (unpaired) electrons. The first kappa shape index (κ1) is 24.7. The van der Waals surface area contributed by atoms with Crippen molar-refractivity contribution >= 4 is 24.4 Å². The van der Waals surface area contributed by atoms with Crippen LogP contribution >= 0.6 is 24.4 Å². The number of thiol groups is 1. The predicted octanol–water partition coefficient (Wildman–Crippen LogP) is 7.93. The van der Waals surface area contributed by atoms with Gasteiger partial charge in [-0.25, -0.2) is 0 Å². The van der Waals surface area contributed by atoms with Crippen LogP contribution in [0.25, 0.3) is 0 Å². The summed E-state index contributed by atoms with van der Waals surface area (Å²) < 4.78 is 0. The van der Waals surface area contributed by atoms with Crippen molar-refractivity contribution in [3.8, 4) is 0 Å². The summed E-state index contributed by atoms with van der Waals surface area (Å²) in [7, 11) is 0. The average Bonchev–Trinajstić information content (AvgIpc) is 3.42. The summed E-state index contributed by atoms with van der Waals surface area (Å²) in [5.74, 6) is 11.2. The molecule has 9 unspecified atom stereocenters. The van der Waals surface area contributed by atoms with Gasteiger partial charge >= 0.3 is 0 Å². The molecule has 0 N–H and O–H groups in total. The topological polar surface area (TPSA) is 0 Å². The van der Waals surface area contributed by atoms with Crippen molar-refractivity contribution < 1.29 is 0 Å². The lowest BCUT2D eigenvalue weighted by atomic mass is 9.63. The standard InChI is InChI=1S/C19H32S.2C2H6.CH4S/c1-5-13-11(4)14-8-15(13)18-12-6-16(19(14)18)17(7-12)20-9-10(2)3;3*1-2/h10-19H,5-9H2,1-4H3;2*1-2H3;2H,1H3. The van der Waals surface area contributed by atoms with Crippen molar-refractivity contribution in [2.75, 3.05) is 12.0 Å². The molecule has 0 nitrogen and oxygen atoms in total. The summed E-state index contributed by atoms with van der Waals surface area (Å²) in [6.45, 7) is 17.8. The van der Waals surface area contributed by atoms with Crippen LogP contribution in [-0.4, -0.2) is 17.3 Å². The summed E-state index contributed by atoms with van der Waals surface area (Å²) in [5, 5.41) is 1.04. The maximum atomic E-state index is 3.53. The van der Waals surface area contributed by atoms with Gasteiger partial charge in [0, 0.05) is 5.25 Å². The van der Waals surface area contributed by atoms with Crippen LogP contribution in [0.1, 0.15) is 81.1 Å². The normalized spacial score (nSPS) is 43.7. The monoisotopic (exact) mass is 400 g/mol. The summed E-state index contributed by atoms with van der Waals surface area (Å²) in [6, 6.07) is 0. The molecular weight excluding hydrogens is 352 g/mol. The molecule has 0 amide bonds. The molecule has 0 aromatic rings. The van der Waals surface area contributed by atoms with E-state index in [9.17, 15) is 0 Å². The lowest BCUT2D eigenvalue weighted by Gasteiger charge is -2.44. The molecule has 4 saturated carbocycles.